The molecular formula is C14H10N2O2S3. The third kappa shape index (κ3) is 3.49. The van der Waals surface area contributed by atoms with Crippen molar-refractivity contribution in [3.8, 4) is 0 Å². The lowest BCUT2D eigenvalue weighted by Crippen LogP contribution is -2.31. The van der Waals surface area contributed by atoms with E-state index >= 15 is 0 Å². The van der Waals surface area contributed by atoms with Crippen LogP contribution in [0.2, 0.25) is 0 Å². The molecule has 0 aliphatic heterocycles. The maximum absolute atomic E-state index is 11.8. The Morgan fingerprint density at radius 3 is 2.81 bits per heavy atom. The van der Waals surface area contributed by atoms with E-state index in [1.807, 2.05) is 24.3 Å². The predicted octanol–water partition coefficient (Wildman–Crippen LogP) is 3.41. The summed E-state index contributed by atoms with van der Waals surface area (Å²) in [6.07, 6.45) is 0. The average Bonchev–Trinajstić information content (AvgIpc) is 3.14. The Morgan fingerprint density at radius 2 is 2.05 bits per heavy atom. The number of carbonyl (C=O) groups excluding carboxylic acids is 2. The first-order valence-electron chi connectivity index (χ1n) is 6.08. The fourth-order valence-corrected chi connectivity index (χ4v) is 4.16. The van der Waals surface area contributed by atoms with Crippen molar-refractivity contribution < 1.29 is 9.59 Å². The normalized spacial score (nSPS) is 10.7. The number of hydrogen-bond donors (Lipinski definition) is 1. The zero-order valence-electron chi connectivity index (χ0n) is 10.7. The van der Waals surface area contributed by atoms with Crippen LogP contribution < -0.4 is 5.32 Å². The molecule has 1 aromatic carbocycles. The van der Waals surface area contributed by atoms with Crippen LogP contribution in [0.1, 0.15) is 9.67 Å². The largest absolute Gasteiger partial charge is 0.291 e. The molecule has 0 bridgehead atoms. The molecule has 21 heavy (non-hydrogen) atoms. The molecule has 2 amide bonds. The topological polar surface area (TPSA) is 59.1 Å². The number of thiophene rings is 1. The highest BCUT2D eigenvalue weighted by Crippen LogP contribution is 2.29. The molecule has 0 spiro atoms. The van der Waals surface area contributed by atoms with Crippen molar-refractivity contribution in [1.82, 2.24) is 10.3 Å². The molecule has 0 fully saturated rings. The molecule has 7 heteroatoms. The summed E-state index contributed by atoms with van der Waals surface area (Å²) in [7, 11) is 0. The van der Waals surface area contributed by atoms with Crippen LogP contribution in [-0.2, 0) is 4.79 Å². The number of carbonyl (C=O) groups is 2. The van der Waals surface area contributed by atoms with Crippen LogP contribution in [0.15, 0.2) is 46.1 Å². The SMILES string of the molecule is O=C(CSc1nc2ccccc2s1)NC(=O)c1cccs1. The molecule has 106 valence electrons. The number of aromatic nitrogens is 1. The second kappa shape index (κ2) is 6.38. The van der Waals surface area contributed by atoms with Crippen molar-refractivity contribution in [3.05, 3.63) is 46.7 Å². The van der Waals surface area contributed by atoms with Gasteiger partial charge in [-0.15, -0.1) is 22.7 Å². The van der Waals surface area contributed by atoms with Gasteiger partial charge in [-0.25, -0.2) is 4.98 Å². The van der Waals surface area contributed by atoms with E-state index in [2.05, 4.69) is 10.3 Å². The van der Waals surface area contributed by atoms with Gasteiger partial charge in [-0.1, -0.05) is 30.0 Å². The molecule has 0 unspecified atom stereocenters. The van der Waals surface area contributed by atoms with Crippen molar-refractivity contribution in [3.63, 3.8) is 0 Å². The van der Waals surface area contributed by atoms with Crippen LogP contribution in [-0.4, -0.2) is 22.6 Å². The Hall–Kier alpha value is -1.70. The number of nitrogens with one attached hydrogen (secondary N) is 1. The molecule has 0 radical (unpaired) electrons. The summed E-state index contributed by atoms with van der Waals surface area (Å²) in [6, 6.07) is 11.3. The van der Waals surface area contributed by atoms with Gasteiger partial charge in [0.2, 0.25) is 5.91 Å². The summed E-state index contributed by atoms with van der Waals surface area (Å²) in [6.45, 7) is 0. The number of rotatable bonds is 4. The fourth-order valence-electron chi connectivity index (χ4n) is 1.67. The first-order valence-corrected chi connectivity index (χ1v) is 8.76. The Balaban J connectivity index is 1.57. The van der Waals surface area contributed by atoms with Crippen LogP contribution in [0.3, 0.4) is 0 Å². The van der Waals surface area contributed by atoms with Gasteiger partial charge in [0, 0.05) is 0 Å². The molecule has 4 nitrogen and oxygen atoms in total. The fraction of sp³-hybridized carbons (Fsp3) is 0.0714. The lowest BCUT2D eigenvalue weighted by atomic mass is 10.3. The summed E-state index contributed by atoms with van der Waals surface area (Å²) >= 11 is 4.19. The van der Waals surface area contributed by atoms with Crippen LogP contribution in [0.4, 0.5) is 0 Å². The van der Waals surface area contributed by atoms with Crippen LogP contribution in [0.25, 0.3) is 10.2 Å². The van der Waals surface area contributed by atoms with Gasteiger partial charge in [-0.2, -0.15) is 0 Å². The van der Waals surface area contributed by atoms with Crippen LogP contribution in [0, 0.1) is 0 Å². The average molecular weight is 334 g/mol. The van der Waals surface area contributed by atoms with E-state index in [4.69, 9.17) is 0 Å². The Labute approximate surface area is 133 Å². The summed E-state index contributed by atoms with van der Waals surface area (Å²) in [4.78, 5) is 28.5. The summed E-state index contributed by atoms with van der Waals surface area (Å²) in [5, 5.41) is 4.18. The predicted molar refractivity (Wildman–Crippen MR) is 87.1 cm³/mol. The van der Waals surface area contributed by atoms with Gasteiger partial charge < -0.3 is 0 Å². The lowest BCUT2D eigenvalue weighted by Gasteiger charge is -2.00. The zero-order chi connectivity index (χ0) is 14.7. The van der Waals surface area contributed by atoms with Gasteiger partial charge in [-0.3, -0.25) is 14.9 Å². The highest BCUT2D eigenvalue weighted by atomic mass is 32.2. The Morgan fingerprint density at radius 1 is 1.19 bits per heavy atom. The summed E-state index contributed by atoms with van der Waals surface area (Å²) < 4.78 is 1.92. The molecule has 3 aromatic rings. The minimum absolute atomic E-state index is 0.178. The number of amides is 2. The number of benzene rings is 1. The van der Waals surface area contributed by atoms with Gasteiger partial charge in [0.15, 0.2) is 4.34 Å². The van der Waals surface area contributed by atoms with E-state index in [1.54, 1.807) is 28.8 Å². The number of fused-ring (bicyclic) bond motifs is 1. The third-order valence-electron chi connectivity index (χ3n) is 2.60. The van der Waals surface area contributed by atoms with Crippen LogP contribution >= 0.6 is 34.4 Å². The first kappa shape index (κ1) is 14.2. The quantitative estimate of drug-likeness (QED) is 0.743. The number of thioether (sulfide) groups is 1. The number of para-hydroxylation sites is 1. The highest BCUT2D eigenvalue weighted by molar-refractivity contribution is 8.01. The monoisotopic (exact) mass is 334 g/mol. The minimum Gasteiger partial charge on any atom is -0.291 e. The van der Waals surface area contributed by atoms with E-state index in [9.17, 15) is 9.59 Å². The van der Waals surface area contributed by atoms with E-state index in [1.165, 1.54) is 23.1 Å². The maximum Gasteiger partial charge on any atom is 0.267 e. The highest BCUT2D eigenvalue weighted by Gasteiger charge is 2.12. The molecule has 1 N–H and O–H groups in total. The second-order valence-corrected chi connectivity index (χ2v) is 7.29. The lowest BCUT2D eigenvalue weighted by molar-refractivity contribution is -0.117. The van der Waals surface area contributed by atoms with Gasteiger partial charge >= 0.3 is 0 Å². The summed E-state index contributed by atoms with van der Waals surface area (Å²) in [5.74, 6) is -0.478. The molecule has 0 saturated heterocycles. The van der Waals surface area contributed by atoms with Gasteiger partial charge in [0.05, 0.1) is 20.8 Å². The van der Waals surface area contributed by atoms with Crippen LogP contribution in [0.5, 0.6) is 0 Å². The molecule has 0 aliphatic rings. The van der Waals surface area contributed by atoms with Gasteiger partial charge in [0.1, 0.15) is 0 Å². The number of nitrogens with zero attached hydrogens (tertiary/aromatic N) is 1. The molecule has 0 aliphatic carbocycles. The van der Waals surface area contributed by atoms with Gasteiger partial charge in [0.25, 0.3) is 5.91 Å². The van der Waals surface area contributed by atoms with Crippen molar-refractivity contribution in [2.24, 2.45) is 0 Å². The van der Waals surface area contributed by atoms with Crippen molar-refractivity contribution in [1.29, 1.82) is 0 Å². The van der Waals surface area contributed by atoms with Crippen molar-refractivity contribution in [2.45, 2.75) is 4.34 Å². The van der Waals surface area contributed by atoms with E-state index < -0.39 is 0 Å². The van der Waals surface area contributed by atoms with Gasteiger partial charge in [-0.05, 0) is 23.6 Å². The number of imide groups is 1. The molecule has 2 aromatic heterocycles. The van der Waals surface area contributed by atoms with E-state index in [0.29, 0.717) is 4.88 Å². The van der Waals surface area contributed by atoms with E-state index in [0.717, 1.165) is 14.6 Å². The smallest absolute Gasteiger partial charge is 0.267 e. The number of thiazole rings is 1. The molecule has 2 heterocycles. The summed E-state index contributed by atoms with van der Waals surface area (Å²) in [5.41, 5.74) is 0.931. The second-order valence-electron chi connectivity index (χ2n) is 4.09. The first-order chi connectivity index (χ1) is 10.2. The Kier molecular flexibility index (Phi) is 4.33. The van der Waals surface area contributed by atoms with Crippen molar-refractivity contribution in [2.75, 3.05) is 5.75 Å². The Bertz CT molecular complexity index is 747. The standard InChI is InChI=1S/C14H10N2O2S3/c17-12(16-13(18)11-6-3-7-19-11)8-20-14-15-9-4-1-2-5-10(9)21-14/h1-7H,8H2,(H,16,17,18). The van der Waals surface area contributed by atoms with Crippen molar-refractivity contribution >= 4 is 56.5 Å². The number of hydrogen-bond acceptors (Lipinski definition) is 6. The molecule has 0 atom stereocenters. The zero-order valence-corrected chi connectivity index (χ0v) is 13.2. The van der Waals surface area contributed by atoms with E-state index in [-0.39, 0.29) is 17.6 Å². The minimum atomic E-state index is -0.347. The third-order valence-corrected chi connectivity index (χ3v) is 5.65. The maximum atomic E-state index is 11.8. The molecule has 0 saturated carbocycles. The molecular weight excluding hydrogens is 324 g/mol. The molecule has 3 rings (SSSR count).